The second kappa shape index (κ2) is 10.2. The number of nitrogens with one attached hydrogen (secondary N) is 1. The van der Waals surface area contributed by atoms with E-state index in [2.05, 4.69) is 33.0 Å². The van der Waals surface area contributed by atoms with Crippen molar-refractivity contribution >= 4 is 28.5 Å². The van der Waals surface area contributed by atoms with Crippen molar-refractivity contribution in [3.05, 3.63) is 80.2 Å². The average Bonchev–Trinajstić information content (AvgIpc) is 2.75. The van der Waals surface area contributed by atoms with Crippen LogP contribution in [0.25, 0.3) is 11.3 Å². The predicted molar refractivity (Wildman–Crippen MR) is 121 cm³/mol. The molecule has 0 spiro atoms. The molecule has 0 bridgehead atoms. The first-order chi connectivity index (χ1) is 14.0. The lowest BCUT2D eigenvalue weighted by Crippen LogP contribution is -2.25. The maximum absolute atomic E-state index is 12.1. The number of nitrogens with zero attached hydrogens (tertiary/aromatic N) is 2. The van der Waals surface area contributed by atoms with Gasteiger partial charge in [-0.1, -0.05) is 12.1 Å². The predicted octanol–water partition coefficient (Wildman–Crippen LogP) is 3.62. The number of hydrogen-bond donors (Lipinski definition) is 1. The Labute approximate surface area is 183 Å². The van der Waals surface area contributed by atoms with Gasteiger partial charge in [-0.2, -0.15) is 5.10 Å². The molecule has 0 radical (unpaired) electrons. The Morgan fingerprint density at radius 1 is 1.07 bits per heavy atom. The molecule has 150 valence electrons. The van der Waals surface area contributed by atoms with Crippen LogP contribution in [0.4, 0.5) is 0 Å². The van der Waals surface area contributed by atoms with E-state index in [0.717, 1.165) is 20.4 Å². The van der Waals surface area contributed by atoms with Crippen LogP contribution in [0.1, 0.15) is 18.4 Å². The molecule has 3 aromatic rings. The fraction of sp³-hybridized carbons (Fsp3) is 0.227. The summed E-state index contributed by atoms with van der Waals surface area (Å²) in [7, 11) is 1.62. The first-order valence-electron chi connectivity index (χ1n) is 9.29. The van der Waals surface area contributed by atoms with Gasteiger partial charge >= 0.3 is 0 Å². The summed E-state index contributed by atoms with van der Waals surface area (Å²) in [6.45, 7) is 0.890. The standard InChI is InChI=1S/C22H22IN3O3/c1-29-19-10-6-17(7-11-19)20-12-13-22(28)26(25-20)14-2-3-21(27)24-15-16-4-8-18(23)9-5-16/h4-13H,2-3,14-15H2,1H3,(H,24,27). The van der Waals surface area contributed by atoms with Gasteiger partial charge in [0, 0.05) is 34.7 Å². The van der Waals surface area contributed by atoms with E-state index in [1.54, 1.807) is 13.2 Å². The molecule has 1 heterocycles. The number of carbonyl (C=O) groups excluding carboxylic acids is 1. The van der Waals surface area contributed by atoms with Crippen molar-refractivity contribution in [2.75, 3.05) is 7.11 Å². The molecule has 7 heteroatoms. The molecule has 0 aliphatic heterocycles. The molecule has 0 unspecified atom stereocenters. The molecule has 0 saturated heterocycles. The summed E-state index contributed by atoms with van der Waals surface area (Å²) in [5, 5.41) is 7.33. The number of hydrogen-bond acceptors (Lipinski definition) is 4. The van der Waals surface area contributed by atoms with Crippen molar-refractivity contribution in [1.29, 1.82) is 0 Å². The topological polar surface area (TPSA) is 73.2 Å². The SMILES string of the molecule is COc1ccc(-c2ccc(=O)n(CCCC(=O)NCc3ccc(I)cc3)n2)cc1. The van der Waals surface area contributed by atoms with Crippen molar-refractivity contribution in [2.24, 2.45) is 0 Å². The number of carbonyl (C=O) groups is 1. The lowest BCUT2D eigenvalue weighted by Gasteiger charge is -2.08. The summed E-state index contributed by atoms with van der Waals surface area (Å²) in [5.74, 6) is 0.723. The molecular formula is C22H22IN3O3. The normalized spacial score (nSPS) is 10.6. The highest BCUT2D eigenvalue weighted by Crippen LogP contribution is 2.19. The molecule has 29 heavy (non-hydrogen) atoms. The number of aryl methyl sites for hydroxylation is 1. The number of halogens is 1. The fourth-order valence-corrected chi connectivity index (χ4v) is 3.17. The summed E-state index contributed by atoms with van der Waals surface area (Å²) in [6, 6.07) is 18.7. The molecule has 0 aliphatic carbocycles. The van der Waals surface area contributed by atoms with Gasteiger partial charge in [0.15, 0.2) is 0 Å². The summed E-state index contributed by atoms with van der Waals surface area (Å²) in [6.07, 6.45) is 0.878. The molecule has 6 nitrogen and oxygen atoms in total. The summed E-state index contributed by atoms with van der Waals surface area (Å²) >= 11 is 2.25. The number of methoxy groups -OCH3 is 1. The van der Waals surface area contributed by atoms with Gasteiger partial charge in [0.2, 0.25) is 5.91 Å². The van der Waals surface area contributed by atoms with E-state index < -0.39 is 0 Å². The highest BCUT2D eigenvalue weighted by Gasteiger charge is 2.06. The van der Waals surface area contributed by atoms with E-state index in [9.17, 15) is 9.59 Å². The maximum atomic E-state index is 12.1. The van der Waals surface area contributed by atoms with Crippen LogP contribution in [0.2, 0.25) is 0 Å². The molecule has 0 fully saturated rings. The minimum Gasteiger partial charge on any atom is -0.497 e. The maximum Gasteiger partial charge on any atom is 0.266 e. The molecule has 2 aromatic carbocycles. The van der Waals surface area contributed by atoms with Crippen molar-refractivity contribution in [3.63, 3.8) is 0 Å². The number of rotatable bonds is 8. The van der Waals surface area contributed by atoms with Crippen LogP contribution in [0.3, 0.4) is 0 Å². The monoisotopic (exact) mass is 503 g/mol. The zero-order valence-electron chi connectivity index (χ0n) is 16.1. The van der Waals surface area contributed by atoms with Crippen molar-refractivity contribution in [2.45, 2.75) is 25.9 Å². The molecular weight excluding hydrogens is 481 g/mol. The van der Waals surface area contributed by atoms with Gasteiger partial charge in [0.25, 0.3) is 5.56 Å². The summed E-state index contributed by atoms with van der Waals surface area (Å²) < 4.78 is 7.73. The smallest absolute Gasteiger partial charge is 0.266 e. The lowest BCUT2D eigenvalue weighted by atomic mass is 10.1. The highest BCUT2D eigenvalue weighted by atomic mass is 127. The third-order valence-corrected chi connectivity index (χ3v) is 5.15. The van der Waals surface area contributed by atoms with Crippen LogP contribution in [0.5, 0.6) is 5.75 Å². The van der Waals surface area contributed by atoms with Crippen molar-refractivity contribution in [1.82, 2.24) is 15.1 Å². The first-order valence-corrected chi connectivity index (χ1v) is 10.4. The molecule has 1 aromatic heterocycles. The summed E-state index contributed by atoms with van der Waals surface area (Å²) in [4.78, 5) is 24.2. The van der Waals surface area contributed by atoms with Gasteiger partial charge in [-0.15, -0.1) is 0 Å². The quantitative estimate of drug-likeness (QED) is 0.477. The Bertz CT molecular complexity index is 1010. The third kappa shape index (κ3) is 6.15. The largest absolute Gasteiger partial charge is 0.497 e. The number of ether oxygens (including phenoxy) is 1. The van der Waals surface area contributed by atoms with Crippen molar-refractivity contribution in [3.8, 4) is 17.0 Å². The van der Waals surface area contributed by atoms with Gasteiger partial charge in [-0.25, -0.2) is 4.68 Å². The molecule has 1 amide bonds. The van der Waals surface area contributed by atoms with Gasteiger partial charge in [-0.05, 0) is 77.0 Å². The second-order valence-electron chi connectivity index (χ2n) is 6.52. The van der Waals surface area contributed by atoms with E-state index in [0.29, 0.717) is 31.6 Å². The lowest BCUT2D eigenvalue weighted by molar-refractivity contribution is -0.121. The molecule has 3 rings (SSSR count). The van der Waals surface area contributed by atoms with Crippen molar-refractivity contribution < 1.29 is 9.53 Å². The van der Waals surface area contributed by atoms with E-state index in [1.165, 1.54) is 10.7 Å². The van der Waals surface area contributed by atoms with Gasteiger partial charge in [0.05, 0.1) is 12.8 Å². The van der Waals surface area contributed by atoms with Crippen LogP contribution < -0.4 is 15.6 Å². The molecule has 0 atom stereocenters. The minimum absolute atomic E-state index is 0.0390. The third-order valence-electron chi connectivity index (χ3n) is 4.43. The number of amides is 1. The van der Waals surface area contributed by atoms with E-state index in [4.69, 9.17) is 4.74 Å². The number of aromatic nitrogens is 2. The Morgan fingerprint density at radius 2 is 1.79 bits per heavy atom. The number of benzene rings is 2. The zero-order valence-corrected chi connectivity index (χ0v) is 18.3. The Kier molecular flexibility index (Phi) is 7.40. The average molecular weight is 503 g/mol. The Balaban J connectivity index is 1.53. The van der Waals surface area contributed by atoms with Gasteiger partial charge < -0.3 is 10.1 Å². The molecule has 0 saturated carbocycles. The highest BCUT2D eigenvalue weighted by molar-refractivity contribution is 14.1. The minimum atomic E-state index is -0.179. The Morgan fingerprint density at radius 3 is 2.48 bits per heavy atom. The van der Waals surface area contributed by atoms with Gasteiger partial charge in [-0.3, -0.25) is 9.59 Å². The Hall–Kier alpha value is -2.68. The zero-order chi connectivity index (χ0) is 20.6. The molecule has 1 N–H and O–H groups in total. The van der Waals surface area contributed by atoms with Gasteiger partial charge in [0.1, 0.15) is 5.75 Å². The van der Waals surface area contributed by atoms with Crippen LogP contribution in [0, 0.1) is 3.57 Å². The molecule has 0 aliphatic rings. The van der Waals surface area contributed by atoms with E-state index in [1.807, 2.05) is 48.5 Å². The van der Waals surface area contributed by atoms with Crippen LogP contribution in [0.15, 0.2) is 65.5 Å². The van der Waals surface area contributed by atoms with E-state index in [-0.39, 0.29) is 11.5 Å². The van der Waals surface area contributed by atoms with E-state index >= 15 is 0 Å². The van der Waals surface area contributed by atoms with Crippen LogP contribution in [-0.2, 0) is 17.9 Å². The summed E-state index contributed by atoms with van der Waals surface area (Å²) in [5.41, 5.74) is 2.48. The second-order valence-corrected chi connectivity index (χ2v) is 7.76. The van der Waals surface area contributed by atoms with Crippen LogP contribution in [-0.4, -0.2) is 22.8 Å². The van der Waals surface area contributed by atoms with Crippen LogP contribution >= 0.6 is 22.6 Å². The fourth-order valence-electron chi connectivity index (χ4n) is 2.81. The first kappa shape index (κ1) is 21.0.